The number of hydrogen-bond acceptors (Lipinski definition) is 2. The highest BCUT2D eigenvalue weighted by atomic mass is 35.5. The van der Waals surface area contributed by atoms with Crippen LogP contribution in [0.4, 0.5) is 5.69 Å². The summed E-state index contributed by atoms with van der Waals surface area (Å²) in [4.78, 5) is 32.3. The average molecular weight is 341 g/mol. The van der Waals surface area contributed by atoms with Gasteiger partial charge in [-0.3, -0.25) is 4.79 Å². The van der Waals surface area contributed by atoms with Gasteiger partial charge in [0.2, 0.25) is 5.91 Å². The van der Waals surface area contributed by atoms with Gasteiger partial charge in [-0.2, -0.15) is 0 Å². The second-order valence-corrected chi connectivity index (χ2v) is 5.97. The van der Waals surface area contributed by atoms with E-state index in [1.165, 1.54) is 0 Å². The van der Waals surface area contributed by atoms with Crippen LogP contribution in [-0.2, 0) is 11.2 Å². The Morgan fingerprint density at radius 3 is 2.88 bits per heavy atom. The predicted octanol–water partition coefficient (Wildman–Crippen LogP) is 3.17. The van der Waals surface area contributed by atoms with Crippen molar-refractivity contribution in [3.8, 4) is 0 Å². The highest BCUT2D eigenvalue weighted by Crippen LogP contribution is 2.23. The van der Waals surface area contributed by atoms with Crippen molar-refractivity contribution in [1.82, 2.24) is 15.0 Å². The molecule has 0 aliphatic rings. The number of aromatic amines is 3. The number of H-pyrrole nitrogens is 3. The molecule has 24 heavy (non-hydrogen) atoms. The molecular formula is C17H13ClN4O2. The van der Waals surface area contributed by atoms with Gasteiger partial charge in [0, 0.05) is 22.1 Å². The van der Waals surface area contributed by atoms with E-state index in [-0.39, 0.29) is 18.0 Å². The molecule has 0 fully saturated rings. The maximum Gasteiger partial charge on any atom is 0.323 e. The standard InChI is InChI=1S/C17H13ClN4O2/c18-10-4-5-11-9(8-19-14(11)7-10)6-15(23)20-12-2-1-3-13-16(12)22-17(24)21-13/h1-5,7-8,19H,6H2,(H,20,23)(H2,21,22,24). The van der Waals surface area contributed by atoms with E-state index in [9.17, 15) is 9.59 Å². The molecular weight excluding hydrogens is 328 g/mol. The summed E-state index contributed by atoms with van der Waals surface area (Å²) in [7, 11) is 0. The Hall–Kier alpha value is -2.99. The smallest absolute Gasteiger partial charge is 0.323 e. The number of halogens is 1. The molecule has 0 spiro atoms. The lowest BCUT2D eigenvalue weighted by Gasteiger charge is -2.06. The van der Waals surface area contributed by atoms with Gasteiger partial charge in [-0.05, 0) is 29.8 Å². The monoisotopic (exact) mass is 340 g/mol. The first kappa shape index (κ1) is 14.6. The molecule has 0 aliphatic heterocycles. The van der Waals surface area contributed by atoms with Gasteiger partial charge < -0.3 is 20.3 Å². The lowest BCUT2D eigenvalue weighted by atomic mass is 10.1. The zero-order valence-corrected chi connectivity index (χ0v) is 13.2. The highest BCUT2D eigenvalue weighted by molar-refractivity contribution is 6.31. The molecule has 2 aromatic carbocycles. The topological polar surface area (TPSA) is 93.5 Å². The number of carbonyl (C=O) groups is 1. The molecule has 120 valence electrons. The summed E-state index contributed by atoms with van der Waals surface area (Å²) in [5, 5.41) is 4.45. The Kier molecular flexibility index (Phi) is 3.39. The van der Waals surface area contributed by atoms with Crippen LogP contribution in [0.2, 0.25) is 5.02 Å². The van der Waals surface area contributed by atoms with Crippen molar-refractivity contribution in [1.29, 1.82) is 0 Å². The zero-order valence-electron chi connectivity index (χ0n) is 12.4. The Bertz CT molecular complexity index is 1120. The summed E-state index contributed by atoms with van der Waals surface area (Å²) in [5.41, 5.74) is 3.27. The van der Waals surface area contributed by atoms with E-state index in [0.717, 1.165) is 16.5 Å². The molecule has 0 bridgehead atoms. The lowest BCUT2D eigenvalue weighted by molar-refractivity contribution is -0.115. The SMILES string of the molecule is O=C(Cc1c[nH]c2cc(Cl)ccc12)Nc1cccc2[nH]c(=O)[nH]c12. The van der Waals surface area contributed by atoms with Crippen molar-refractivity contribution in [2.24, 2.45) is 0 Å². The minimum atomic E-state index is -0.305. The number of anilines is 1. The minimum Gasteiger partial charge on any atom is -0.361 e. The van der Waals surface area contributed by atoms with Gasteiger partial charge in [0.25, 0.3) is 0 Å². The molecule has 0 unspecified atom stereocenters. The Balaban J connectivity index is 1.60. The molecule has 0 saturated carbocycles. The second-order valence-electron chi connectivity index (χ2n) is 5.54. The number of aromatic nitrogens is 3. The molecule has 6 nitrogen and oxygen atoms in total. The van der Waals surface area contributed by atoms with Crippen molar-refractivity contribution in [2.75, 3.05) is 5.32 Å². The summed E-state index contributed by atoms with van der Waals surface area (Å²) >= 11 is 5.97. The van der Waals surface area contributed by atoms with E-state index in [1.54, 1.807) is 30.5 Å². The number of carbonyl (C=O) groups excluding carboxylic acids is 1. The molecule has 4 rings (SSSR count). The minimum absolute atomic E-state index is 0.166. The van der Waals surface area contributed by atoms with Crippen LogP contribution in [0.5, 0.6) is 0 Å². The number of nitrogens with one attached hydrogen (secondary N) is 4. The Morgan fingerprint density at radius 1 is 1.12 bits per heavy atom. The van der Waals surface area contributed by atoms with Crippen molar-refractivity contribution in [3.63, 3.8) is 0 Å². The van der Waals surface area contributed by atoms with Gasteiger partial charge in [0.05, 0.1) is 23.1 Å². The molecule has 4 N–H and O–H groups in total. The number of rotatable bonds is 3. The van der Waals surface area contributed by atoms with Crippen molar-refractivity contribution < 1.29 is 4.79 Å². The Labute approximate surface area is 140 Å². The van der Waals surface area contributed by atoms with Crippen molar-refractivity contribution >= 4 is 45.1 Å². The van der Waals surface area contributed by atoms with Gasteiger partial charge in [-0.1, -0.05) is 23.7 Å². The third kappa shape index (κ3) is 2.57. The largest absolute Gasteiger partial charge is 0.361 e. The summed E-state index contributed by atoms with van der Waals surface area (Å²) in [6, 6.07) is 10.8. The number of imidazole rings is 1. The van der Waals surface area contributed by atoms with Gasteiger partial charge >= 0.3 is 5.69 Å². The van der Waals surface area contributed by atoms with E-state index in [1.807, 2.05) is 12.1 Å². The second kappa shape index (κ2) is 5.58. The van der Waals surface area contributed by atoms with E-state index in [2.05, 4.69) is 20.3 Å². The van der Waals surface area contributed by atoms with Crippen LogP contribution in [0.1, 0.15) is 5.56 Å². The fourth-order valence-corrected chi connectivity index (χ4v) is 3.01. The van der Waals surface area contributed by atoms with Crippen LogP contribution >= 0.6 is 11.6 Å². The first-order chi connectivity index (χ1) is 11.6. The number of benzene rings is 2. The van der Waals surface area contributed by atoms with Crippen molar-refractivity contribution in [3.05, 3.63) is 63.7 Å². The fraction of sp³-hybridized carbons (Fsp3) is 0.0588. The summed E-state index contributed by atoms with van der Waals surface area (Å²) in [5.74, 6) is -0.166. The van der Waals surface area contributed by atoms with E-state index >= 15 is 0 Å². The number of amides is 1. The zero-order chi connectivity index (χ0) is 16.7. The summed E-state index contributed by atoms with van der Waals surface area (Å²) in [6.07, 6.45) is 2.02. The third-order valence-electron chi connectivity index (χ3n) is 3.91. The summed E-state index contributed by atoms with van der Waals surface area (Å²) in [6.45, 7) is 0. The van der Waals surface area contributed by atoms with Crippen LogP contribution < -0.4 is 11.0 Å². The highest BCUT2D eigenvalue weighted by Gasteiger charge is 2.11. The van der Waals surface area contributed by atoms with E-state index in [0.29, 0.717) is 21.7 Å². The third-order valence-corrected chi connectivity index (χ3v) is 4.14. The first-order valence-electron chi connectivity index (χ1n) is 7.36. The normalized spacial score (nSPS) is 11.2. The first-order valence-corrected chi connectivity index (χ1v) is 7.74. The number of fused-ring (bicyclic) bond motifs is 2. The van der Waals surface area contributed by atoms with Gasteiger partial charge in [-0.25, -0.2) is 4.79 Å². The van der Waals surface area contributed by atoms with E-state index < -0.39 is 0 Å². The molecule has 0 saturated heterocycles. The van der Waals surface area contributed by atoms with Crippen LogP contribution in [0, 0.1) is 0 Å². The van der Waals surface area contributed by atoms with Crippen LogP contribution in [0.25, 0.3) is 21.9 Å². The van der Waals surface area contributed by atoms with Crippen molar-refractivity contribution in [2.45, 2.75) is 6.42 Å². The maximum atomic E-state index is 12.4. The molecule has 0 atom stereocenters. The number of para-hydroxylation sites is 1. The molecule has 4 aromatic rings. The predicted molar refractivity (Wildman–Crippen MR) is 94.6 cm³/mol. The quantitative estimate of drug-likeness (QED) is 0.461. The summed E-state index contributed by atoms with van der Waals surface area (Å²) < 4.78 is 0. The van der Waals surface area contributed by atoms with Crippen LogP contribution in [-0.4, -0.2) is 20.9 Å². The van der Waals surface area contributed by atoms with Crippen LogP contribution in [0.3, 0.4) is 0 Å². The molecule has 0 aliphatic carbocycles. The van der Waals surface area contributed by atoms with E-state index in [4.69, 9.17) is 11.6 Å². The number of hydrogen-bond donors (Lipinski definition) is 4. The lowest BCUT2D eigenvalue weighted by Crippen LogP contribution is -2.14. The molecule has 2 aromatic heterocycles. The molecule has 2 heterocycles. The Morgan fingerprint density at radius 2 is 2.00 bits per heavy atom. The molecule has 0 radical (unpaired) electrons. The maximum absolute atomic E-state index is 12.4. The van der Waals surface area contributed by atoms with Gasteiger partial charge in [-0.15, -0.1) is 0 Å². The molecule has 1 amide bonds. The van der Waals surface area contributed by atoms with Gasteiger partial charge in [0.15, 0.2) is 0 Å². The molecule has 7 heteroatoms. The fourth-order valence-electron chi connectivity index (χ4n) is 2.83. The average Bonchev–Trinajstić information content (AvgIpc) is 3.10. The van der Waals surface area contributed by atoms with Gasteiger partial charge in [0.1, 0.15) is 0 Å². The van der Waals surface area contributed by atoms with Crippen LogP contribution in [0.15, 0.2) is 47.4 Å².